The van der Waals surface area contributed by atoms with E-state index in [1.165, 1.54) is 0 Å². The van der Waals surface area contributed by atoms with E-state index in [4.69, 9.17) is 21.1 Å². The highest BCUT2D eigenvalue weighted by Gasteiger charge is 2.18. The van der Waals surface area contributed by atoms with E-state index < -0.39 is 12.1 Å². The maximum absolute atomic E-state index is 12.3. The Labute approximate surface area is 169 Å². The van der Waals surface area contributed by atoms with Gasteiger partial charge in [-0.1, -0.05) is 23.7 Å². The highest BCUT2D eigenvalue weighted by atomic mass is 35.5. The number of ether oxygens (including phenoxy) is 2. The Bertz CT molecular complexity index is 802. The number of nitrogens with one attached hydrogen (secondary N) is 1. The van der Waals surface area contributed by atoms with Gasteiger partial charge in [0.1, 0.15) is 0 Å². The van der Waals surface area contributed by atoms with Crippen molar-refractivity contribution in [2.45, 2.75) is 19.4 Å². The third-order valence-corrected chi connectivity index (χ3v) is 4.70. The van der Waals surface area contributed by atoms with Crippen molar-refractivity contribution in [2.24, 2.45) is 0 Å². The Kier molecular flexibility index (Phi) is 6.90. The summed E-state index contributed by atoms with van der Waals surface area (Å²) in [6, 6.07) is 14.5. The molecular weight excluding hydrogens is 380 g/mol. The summed E-state index contributed by atoms with van der Waals surface area (Å²) >= 11 is 5.83. The number of morpholine rings is 1. The number of carbonyl (C=O) groups excluding carboxylic acids is 2. The van der Waals surface area contributed by atoms with Crippen molar-refractivity contribution < 1.29 is 19.1 Å². The summed E-state index contributed by atoms with van der Waals surface area (Å²) in [4.78, 5) is 26.6. The fourth-order valence-corrected chi connectivity index (χ4v) is 3.01. The highest BCUT2D eigenvalue weighted by molar-refractivity contribution is 6.30. The van der Waals surface area contributed by atoms with Crippen LogP contribution in [0, 0.1) is 0 Å². The predicted octanol–water partition coefficient (Wildman–Crippen LogP) is 3.29. The van der Waals surface area contributed by atoms with Crippen LogP contribution in [0.4, 0.5) is 11.4 Å². The van der Waals surface area contributed by atoms with Crippen LogP contribution < -0.4 is 10.2 Å². The first-order valence-electron chi connectivity index (χ1n) is 9.19. The molecule has 1 heterocycles. The van der Waals surface area contributed by atoms with Gasteiger partial charge in [-0.15, -0.1) is 0 Å². The van der Waals surface area contributed by atoms with Crippen molar-refractivity contribution in [3.63, 3.8) is 0 Å². The Hall–Kier alpha value is -2.57. The molecule has 0 unspecified atom stereocenters. The van der Waals surface area contributed by atoms with E-state index in [1.807, 2.05) is 24.3 Å². The zero-order chi connectivity index (χ0) is 19.9. The third-order valence-electron chi connectivity index (χ3n) is 4.45. The van der Waals surface area contributed by atoms with Gasteiger partial charge >= 0.3 is 5.97 Å². The zero-order valence-corrected chi connectivity index (χ0v) is 16.4. The highest BCUT2D eigenvalue weighted by Crippen LogP contribution is 2.19. The van der Waals surface area contributed by atoms with Crippen LogP contribution in [0.15, 0.2) is 48.5 Å². The second-order valence-corrected chi connectivity index (χ2v) is 7.01. The molecule has 2 aromatic rings. The first kappa shape index (κ1) is 20.2. The number of hydrogen-bond donors (Lipinski definition) is 1. The molecule has 1 fully saturated rings. The SMILES string of the molecule is C[C@@H](OC(=O)Cc1ccc(Cl)cc1)C(=O)Nc1ccc(N2CCOCC2)cc1. The number of amides is 1. The minimum atomic E-state index is -0.890. The van der Waals surface area contributed by atoms with Gasteiger partial charge in [-0.2, -0.15) is 0 Å². The molecule has 1 N–H and O–H groups in total. The van der Waals surface area contributed by atoms with Crippen molar-refractivity contribution in [3.05, 3.63) is 59.1 Å². The Morgan fingerprint density at radius 3 is 2.39 bits per heavy atom. The molecule has 7 heteroatoms. The van der Waals surface area contributed by atoms with Crippen molar-refractivity contribution in [3.8, 4) is 0 Å². The molecule has 1 saturated heterocycles. The van der Waals surface area contributed by atoms with Crippen LogP contribution in [-0.4, -0.2) is 44.3 Å². The Morgan fingerprint density at radius 2 is 1.75 bits per heavy atom. The van der Waals surface area contributed by atoms with E-state index in [0.29, 0.717) is 10.7 Å². The van der Waals surface area contributed by atoms with E-state index in [0.717, 1.165) is 37.6 Å². The molecule has 0 saturated carbocycles. The van der Waals surface area contributed by atoms with Gasteiger partial charge in [0.15, 0.2) is 6.10 Å². The van der Waals surface area contributed by atoms with Crippen LogP contribution in [0.5, 0.6) is 0 Å². The molecule has 0 radical (unpaired) electrons. The average Bonchev–Trinajstić information content (AvgIpc) is 2.71. The summed E-state index contributed by atoms with van der Waals surface area (Å²) in [5.74, 6) is -0.837. The molecule has 0 bridgehead atoms. The molecule has 1 aliphatic heterocycles. The van der Waals surface area contributed by atoms with Gasteiger partial charge in [-0.3, -0.25) is 9.59 Å². The summed E-state index contributed by atoms with van der Waals surface area (Å²) in [5, 5.41) is 3.37. The van der Waals surface area contributed by atoms with Crippen molar-refractivity contribution >= 4 is 34.9 Å². The lowest BCUT2D eigenvalue weighted by molar-refractivity contribution is -0.152. The van der Waals surface area contributed by atoms with Gasteiger partial charge in [0.25, 0.3) is 5.91 Å². The summed E-state index contributed by atoms with van der Waals surface area (Å²) in [6.07, 6.45) is -0.804. The lowest BCUT2D eigenvalue weighted by Crippen LogP contribution is -2.36. The average molecular weight is 403 g/mol. The van der Waals surface area contributed by atoms with Crippen LogP contribution >= 0.6 is 11.6 Å². The Morgan fingerprint density at radius 1 is 1.11 bits per heavy atom. The van der Waals surface area contributed by atoms with Gasteiger partial charge in [-0.05, 0) is 48.9 Å². The second kappa shape index (κ2) is 9.57. The number of anilines is 2. The van der Waals surface area contributed by atoms with Crippen molar-refractivity contribution in [2.75, 3.05) is 36.5 Å². The first-order chi connectivity index (χ1) is 13.5. The van der Waals surface area contributed by atoms with E-state index in [1.54, 1.807) is 31.2 Å². The smallest absolute Gasteiger partial charge is 0.311 e. The number of halogens is 1. The summed E-state index contributed by atoms with van der Waals surface area (Å²) in [7, 11) is 0. The van der Waals surface area contributed by atoms with Crippen LogP contribution in [0.3, 0.4) is 0 Å². The molecule has 0 spiro atoms. The summed E-state index contributed by atoms with van der Waals surface area (Å²) in [5.41, 5.74) is 2.52. The standard InChI is InChI=1S/C21H23ClN2O4/c1-15(28-20(25)14-16-2-4-17(22)5-3-16)21(26)23-18-6-8-19(9-7-18)24-10-12-27-13-11-24/h2-9,15H,10-14H2,1H3,(H,23,26)/t15-/m1/s1. The fourth-order valence-electron chi connectivity index (χ4n) is 2.88. The minimum Gasteiger partial charge on any atom is -0.452 e. The number of benzene rings is 2. The van der Waals surface area contributed by atoms with E-state index in [9.17, 15) is 9.59 Å². The predicted molar refractivity (Wildman–Crippen MR) is 109 cm³/mol. The maximum atomic E-state index is 12.3. The van der Waals surface area contributed by atoms with Gasteiger partial charge in [-0.25, -0.2) is 0 Å². The van der Waals surface area contributed by atoms with Crippen molar-refractivity contribution in [1.82, 2.24) is 0 Å². The molecule has 0 aliphatic carbocycles. The molecule has 1 aliphatic rings. The Balaban J connectivity index is 1.49. The number of esters is 1. The van der Waals surface area contributed by atoms with Gasteiger partial charge in [0.2, 0.25) is 0 Å². The zero-order valence-electron chi connectivity index (χ0n) is 15.7. The maximum Gasteiger partial charge on any atom is 0.311 e. The van der Waals surface area contributed by atoms with Crippen LogP contribution in [0.1, 0.15) is 12.5 Å². The normalized spacial score (nSPS) is 15.0. The van der Waals surface area contributed by atoms with Gasteiger partial charge in [0, 0.05) is 29.5 Å². The molecular formula is C21H23ClN2O4. The second-order valence-electron chi connectivity index (χ2n) is 6.57. The molecule has 1 atom stereocenters. The van der Waals surface area contributed by atoms with Gasteiger partial charge < -0.3 is 19.7 Å². The molecule has 148 valence electrons. The van der Waals surface area contributed by atoms with E-state index in [-0.39, 0.29) is 12.3 Å². The quantitative estimate of drug-likeness (QED) is 0.751. The number of rotatable bonds is 6. The number of nitrogens with zero attached hydrogens (tertiary/aromatic N) is 1. The van der Waals surface area contributed by atoms with Crippen LogP contribution in [0.2, 0.25) is 5.02 Å². The van der Waals surface area contributed by atoms with Crippen LogP contribution in [0.25, 0.3) is 0 Å². The van der Waals surface area contributed by atoms with E-state index in [2.05, 4.69) is 10.2 Å². The minimum absolute atomic E-state index is 0.0863. The monoisotopic (exact) mass is 402 g/mol. The topological polar surface area (TPSA) is 67.9 Å². The summed E-state index contributed by atoms with van der Waals surface area (Å²) in [6.45, 7) is 4.70. The van der Waals surface area contributed by atoms with Crippen LogP contribution in [-0.2, 0) is 25.5 Å². The fraction of sp³-hybridized carbons (Fsp3) is 0.333. The third kappa shape index (κ3) is 5.71. The molecule has 1 amide bonds. The lowest BCUT2D eigenvalue weighted by atomic mass is 10.1. The molecule has 6 nitrogen and oxygen atoms in total. The molecule has 28 heavy (non-hydrogen) atoms. The van der Waals surface area contributed by atoms with Gasteiger partial charge in [0.05, 0.1) is 19.6 Å². The molecule has 3 rings (SSSR count). The first-order valence-corrected chi connectivity index (χ1v) is 9.56. The number of carbonyl (C=O) groups is 2. The van der Waals surface area contributed by atoms with E-state index >= 15 is 0 Å². The van der Waals surface area contributed by atoms with Crippen molar-refractivity contribution in [1.29, 1.82) is 0 Å². The summed E-state index contributed by atoms with van der Waals surface area (Å²) < 4.78 is 10.6. The lowest BCUT2D eigenvalue weighted by Gasteiger charge is -2.28. The molecule has 2 aromatic carbocycles. The largest absolute Gasteiger partial charge is 0.452 e. The molecule has 0 aromatic heterocycles. The number of hydrogen-bond acceptors (Lipinski definition) is 5.